The van der Waals surface area contributed by atoms with Gasteiger partial charge >= 0.3 is 0 Å². The van der Waals surface area contributed by atoms with Gasteiger partial charge in [0.05, 0.1) is 18.8 Å². The van der Waals surface area contributed by atoms with Gasteiger partial charge in [-0.05, 0) is 61.8 Å². The quantitative estimate of drug-likeness (QED) is 0.827. The Bertz CT molecular complexity index is 548. The first-order valence-electron chi connectivity index (χ1n) is 7.57. The molecule has 0 radical (unpaired) electrons. The van der Waals surface area contributed by atoms with Crippen molar-refractivity contribution in [1.29, 1.82) is 0 Å². The molecular formula is C17H19FO2. The van der Waals surface area contributed by atoms with Crippen molar-refractivity contribution >= 4 is 5.57 Å². The summed E-state index contributed by atoms with van der Waals surface area (Å²) in [4.78, 5) is 0. The number of rotatable bonds is 4. The zero-order valence-corrected chi connectivity index (χ0v) is 11.5. The lowest BCUT2D eigenvalue weighted by Crippen LogP contribution is -2.16. The van der Waals surface area contributed by atoms with Gasteiger partial charge in [0, 0.05) is 5.56 Å². The molecule has 0 aromatic heterocycles. The minimum Gasteiger partial charge on any atom is -0.493 e. The molecular weight excluding hydrogens is 255 g/mol. The SMILES string of the molecule is Fc1ccc(OCC2CC2)c(C2=CC3CCC(C2)O3)c1. The van der Waals surface area contributed by atoms with Crippen LogP contribution in [0.4, 0.5) is 4.39 Å². The molecule has 2 bridgehead atoms. The molecule has 2 nitrogen and oxygen atoms in total. The number of ether oxygens (including phenoxy) is 2. The zero-order valence-electron chi connectivity index (χ0n) is 11.5. The van der Waals surface area contributed by atoms with Crippen LogP contribution in [-0.2, 0) is 4.74 Å². The molecule has 2 unspecified atom stereocenters. The summed E-state index contributed by atoms with van der Waals surface area (Å²) in [6.45, 7) is 0.759. The van der Waals surface area contributed by atoms with Gasteiger partial charge in [0.2, 0.25) is 0 Å². The molecule has 4 rings (SSSR count). The topological polar surface area (TPSA) is 18.5 Å². The van der Waals surface area contributed by atoms with E-state index in [0.29, 0.717) is 12.0 Å². The predicted molar refractivity (Wildman–Crippen MR) is 75.1 cm³/mol. The van der Waals surface area contributed by atoms with Gasteiger partial charge in [0.25, 0.3) is 0 Å². The highest BCUT2D eigenvalue weighted by atomic mass is 19.1. The summed E-state index contributed by atoms with van der Waals surface area (Å²) in [5.74, 6) is 1.33. The summed E-state index contributed by atoms with van der Waals surface area (Å²) in [5.41, 5.74) is 2.11. The van der Waals surface area contributed by atoms with Gasteiger partial charge in [0.15, 0.2) is 0 Å². The molecule has 1 aliphatic carbocycles. The molecule has 1 aromatic rings. The number of hydrogen-bond donors (Lipinski definition) is 0. The maximum atomic E-state index is 13.6. The van der Waals surface area contributed by atoms with Gasteiger partial charge in [-0.25, -0.2) is 4.39 Å². The summed E-state index contributed by atoms with van der Waals surface area (Å²) in [6, 6.07) is 4.87. The summed E-state index contributed by atoms with van der Waals surface area (Å²) < 4.78 is 25.3. The van der Waals surface area contributed by atoms with E-state index in [1.54, 1.807) is 12.1 Å². The van der Waals surface area contributed by atoms with Gasteiger partial charge in [-0.2, -0.15) is 0 Å². The second-order valence-corrected chi connectivity index (χ2v) is 6.16. The summed E-state index contributed by atoms with van der Waals surface area (Å²) in [7, 11) is 0. The Morgan fingerprint density at radius 2 is 2.10 bits per heavy atom. The van der Waals surface area contributed by atoms with Gasteiger partial charge in [-0.1, -0.05) is 6.08 Å². The van der Waals surface area contributed by atoms with Crippen molar-refractivity contribution in [3.05, 3.63) is 35.7 Å². The Kier molecular flexibility index (Phi) is 3.03. The Balaban J connectivity index is 1.62. The van der Waals surface area contributed by atoms with Crippen LogP contribution in [0.1, 0.15) is 37.7 Å². The number of benzene rings is 1. The largest absolute Gasteiger partial charge is 0.493 e. The van der Waals surface area contributed by atoms with Crippen LogP contribution in [0.5, 0.6) is 5.75 Å². The first kappa shape index (κ1) is 12.4. The third-order valence-corrected chi connectivity index (χ3v) is 4.43. The Morgan fingerprint density at radius 3 is 2.90 bits per heavy atom. The molecule has 1 saturated heterocycles. The van der Waals surface area contributed by atoms with Crippen molar-refractivity contribution < 1.29 is 13.9 Å². The van der Waals surface area contributed by atoms with E-state index in [2.05, 4.69) is 6.08 Å². The van der Waals surface area contributed by atoms with E-state index in [4.69, 9.17) is 9.47 Å². The maximum Gasteiger partial charge on any atom is 0.126 e. The number of hydrogen-bond acceptors (Lipinski definition) is 2. The van der Waals surface area contributed by atoms with E-state index in [9.17, 15) is 4.39 Å². The van der Waals surface area contributed by atoms with Crippen LogP contribution < -0.4 is 4.74 Å². The van der Waals surface area contributed by atoms with E-state index in [-0.39, 0.29) is 11.9 Å². The summed E-state index contributed by atoms with van der Waals surface area (Å²) >= 11 is 0. The smallest absolute Gasteiger partial charge is 0.126 e. The highest BCUT2D eigenvalue weighted by Crippen LogP contribution is 2.40. The highest BCUT2D eigenvalue weighted by molar-refractivity contribution is 5.72. The standard InChI is InChI=1S/C17H19FO2/c18-13-3-6-17(19-10-11-1-2-11)16(9-13)12-7-14-4-5-15(8-12)20-14/h3,6-7,9,11,14-15H,1-2,4-5,8,10H2. The molecule has 1 saturated carbocycles. The van der Waals surface area contributed by atoms with Crippen molar-refractivity contribution in [2.75, 3.05) is 6.61 Å². The Hall–Kier alpha value is -1.35. The second kappa shape index (κ2) is 4.88. The fourth-order valence-electron chi connectivity index (χ4n) is 3.11. The lowest BCUT2D eigenvalue weighted by Gasteiger charge is -2.22. The minimum absolute atomic E-state index is 0.196. The maximum absolute atomic E-state index is 13.6. The molecule has 2 heterocycles. The molecule has 3 aliphatic rings. The van der Waals surface area contributed by atoms with E-state index in [1.807, 2.05) is 0 Å². The van der Waals surface area contributed by atoms with Gasteiger partial charge in [-0.3, -0.25) is 0 Å². The highest BCUT2D eigenvalue weighted by Gasteiger charge is 2.31. The van der Waals surface area contributed by atoms with Crippen molar-refractivity contribution in [3.8, 4) is 5.75 Å². The van der Waals surface area contributed by atoms with Gasteiger partial charge in [0.1, 0.15) is 11.6 Å². The number of fused-ring (bicyclic) bond motifs is 2. The first-order chi connectivity index (χ1) is 9.78. The van der Waals surface area contributed by atoms with Crippen LogP contribution in [0, 0.1) is 11.7 Å². The number of halogens is 1. The van der Waals surface area contributed by atoms with Crippen LogP contribution in [-0.4, -0.2) is 18.8 Å². The lowest BCUT2D eigenvalue weighted by molar-refractivity contribution is 0.0671. The van der Waals surface area contributed by atoms with Crippen LogP contribution in [0.2, 0.25) is 0 Å². The first-order valence-corrected chi connectivity index (χ1v) is 7.57. The molecule has 2 aliphatic heterocycles. The molecule has 1 aromatic carbocycles. The van der Waals surface area contributed by atoms with E-state index in [1.165, 1.54) is 24.5 Å². The molecule has 106 valence electrons. The Labute approximate surface area is 118 Å². The summed E-state index contributed by atoms with van der Waals surface area (Å²) in [6.07, 6.45) is 8.26. The lowest BCUT2D eigenvalue weighted by atomic mass is 9.97. The molecule has 0 amide bonds. The molecule has 3 heteroatoms. The molecule has 20 heavy (non-hydrogen) atoms. The van der Waals surface area contributed by atoms with E-state index in [0.717, 1.165) is 37.2 Å². The zero-order chi connectivity index (χ0) is 13.5. The van der Waals surface area contributed by atoms with Crippen molar-refractivity contribution in [3.63, 3.8) is 0 Å². The normalized spacial score (nSPS) is 28.4. The third-order valence-electron chi connectivity index (χ3n) is 4.43. The molecule has 0 spiro atoms. The summed E-state index contributed by atoms with van der Waals surface area (Å²) in [5, 5.41) is 0. The fraction of sp³-hybridized carbons (Fsp3) is 0.529. The van der Waals surface area contributed by atoms with Gasteiger partial charge < -0.3 is 9.47 Å². The van der Waals surface area contributed by atoms with Crippen LogP contribution in [0.25, 0.3) is 5.57 Å². The van der Waals surface area contributed by atoms with Crippen LogP contribution >= 0.6 is 0 Å². The third kappa shape index (κ3) is 2.47. The molecule has 0 N–H and O–H groups in total. The van der Waals surface area contributed by atoms with Gasteiger partial charge in [-0.15, -0.1) is 0 Å². The molecule has 2 fully saturated rings. The monoisotopic (exact) mass is 274 g/mol. The van der Waals surface area contributed by atoms with Crippen LogP contribution in [0.15, 0.2) is 24.3 Å². The van der Waals surface area contributed by atoms with Crippen LogP contribution in [0.3, 0.4) is 0 Å². The van der Waals surface area contributed by atoms with Crippen molar-refractivity contribution in [2.45, 2.75) is 44.3 Å². The minimum atomic E-state index is -0.196. The fourth-order valence-corrected chi connectivity index (χ4v) is 3.11. The van der Waals surface area contributed by atoms with E-state index < -0.39 is 0 Å². The average molecular weight is 274 g/mol. The predicted octanol–water partition coefficient (Wildman–Crippen LogP) is 3.95. The average Bonchev–Trinajstić information content (AvgIpc) is 3.22. The Morgan fingerprint density at radius 1 is 1.20 bits per heavy atom. The molecule has 2 atom stereocenters. The van der Waals surface area contributed by atoms with Crippen molar-refractivity contribution in [1.82, 2.24) is 0 Å². The second-order valence-electron chi connectivity index (χ2n) is 6.16. The van der Waals surface area contributed by atoms with E-state index >= 15 is 0 Å². The van der Waals surface area contributed by atoms with Crippen molar-refractivity contribution in [2.24, 2.45) is 5.92 Å².